The molecule has 0 amide bonds. The highest BCUT2D eigenvalue weighted by atomic mass is 16.8. The Kier molecular flexibility index (Phi) is 19.9. The van der Waals surface area contributed by atoms with Gasteiger partial charge in [-0.05, 0) is 118 Å². The largest absolute Gasteiger partial charge is 0.481 e. The van der Waals surface area contributed by atoms with Crippen molar-refractivity contribution < 1.29 is 148 Å². The Balaban J connectivity index is 0.901. The van der Waals surface area contributed by atoms with E-state index in [-0.39, 0.29) is 24.2 Å². The SMILES string of the molecule is CC(=O)O[C@@H]1[C@H](O)[C@@H](O[C@@H]2O[C@@H](C)[C@H](O[C@@H]3O[C@H](CO)[C@@H](O)[C@H](O)[C@H]3O)[C@@H](O)[C@H]2O)[C@H](OC(=O)[C@]23CCC(C)(C)CC2C2=CCC4[C@@]5(C)C[C@H](O)[C@H](O[C@@H]6O[C@H](C(=O)O)[C@@H](O)[C@H](O[C@@H]7OC[C@@H](O)[C@H](O)[C@H]7O)[C@H]6O)[C@@](C)(C(=O)O)C5CC[C@@]4(C)[C@]2(C)CC3)O[C@@H]1C. The lowest BCUT2D eigenvalue weighted by Gasteiger charge is -2.71. The van der Waals surface area contributed by atoms with E-state index in [1.165, 1.54) is 20.8 Å². The summed E-state index contributed by atoms with van der Waals surface area (Å²) in [5.41, 5.74) is -4.65. The fourth-order valence-corrected chi connectivity index (χ4v) is 18.0. The van der Waals surface area contributed by atoms with Gasteiger partial charge in [0.05, 0.1) is 42.4 Å². The second-order valence-corrected chi connectivity index (χ2v) is 29.2. The number of rotatable bonds is 14. The Hall–Kier alpha value is -3.26. The molecule has 5 saturated heterocycles. The third kappa shape index (κ3) is 11.8. The summed E-state index contributed by atoms with van der Waals surface area (Å²) in [4.78, 5) is 54.6. The standard InChI is InChI=1S/C61H94O30/c1-22-42(86-51-37(71)34(68)33(67)29(20-62)85-51)35(69)38(72)50(82-22)89-46-39(73)43(84-24(3)63)23(2)83-53(46)91-55(80)61-16-14-56(4,5)18-26(61)25-10-11-30-57(6)19-27(64)47(60(9,54(78)79)31(57)12-13-59(30,8)58(25,7)15-17-61)90-52-41(75)44(40(74)45(88-52)48(76)77)87-49-36(70)32(66)28(65)21-81-49/h10,22-23,26-47,49-53,62,64-75H,11-21H2,1-9H3,(H,76,77)(H,78,79)/t22-,23+,26?,27-,28+,29+,30?,31?,32-,33+,34-,35-,36+,37+,38+,39-,40-,41+,42-,43-,44-,45-,46+,47-,49-,50-,51-,52-,53-,57+,58+,59+,60-,61-/m0/s1. The van der Waals surface area contributed by atoms with Gasteiger partial charge in [0.25, 0.3) is 0 Å². The Morgan fingerprint density at radius 2 is 1.15 bits per heavy atom. The molecule has 5 aliphatic carbocycles. The van der Waals surface area contributed by atoms with Crippen LogP contribution in [0.1, 0.15) is 120 Å². The maximum absolute atomic E-state index is 15.6. The highest BCUT2D eigenvalue weighted by Gasteiger charge is 2.73. The highest BCUT2D eigenvalue weighted by Crippen LogP contribution is 2.76. The Bertz CT molecular complexity index is 2700. The number of aliphatic hydroxyl groups excluding tert-OH is 13. The van der Waals surface area contributed by atoms with Crippen LogP contribution in [0, 0.1) is 50.2 Å². The van der Waals surface area contributed by atoms with E-state index in [0.29, 0.717) is 44.9 Å². The number of ether oxygens (including phenoxy) is 11. The summed E-state index contributed by atoms with van der Waals surface area (Å²) in [6, 6.07) is 0. The van der Waals surface area contributed by atoms with Crippen LogP contribution in [0.2, 0.25) is 0 Å². The smallest absolute Gasteiger partial charge is 0.335 e. The van der Waals surface area contributed by atoms with Crippen molar-refractivity contribution in [1.82, 2.24) is 0 Å². The first-order valence-electron chi connectivity index (χ1n) is 31.6. The van der Waals surface area contributed by atoms with Gasteiger partial charge >= 0.3 is 23.9 Å². The molecule has 34 atom stereocenters. The van der Waals surface area contributed by atoms with Gasteiger partial charge in [0, 0.05) is 6.92 Å². The van der Waals surface area contributed by atoms with E-state index in [4.69, 9.17) is 52.1 Å². The molecule has 91 heavy (non-hydrogen) atoms. The topological polar surface area (TPSA) is 473 Å². The zero-order valence-electron chi connectivity index (χ0n) is 52.4. The van der Waals surface area contributed by atoms with Crippen molar-refractivity contribution in [2.24, 2.45) is 50.2 Å². The number of aliphatic hydroxyl groups is 13. The van der Waals surface area contributed by atoms with Crippen molar-refractivity contribution in [3.05, 3.63) is 11.6 Å². The molecule has 5 aliphatic heterocycles. The van der Waals surface area contributed by atoms with E-state index in [0.717, 1.165) is 12.5 Å². The lowest BCUT2D eigenvalue weighted by atomic mass is 9.33. The molecule has 0 spiro atoms. The van der Waals surface area contributed by atoms with Crippen molar-refractivity contribution >= 4 is 23.9 Å². The molecule has 10 rings (SSSR count). The van der Waals surface area contributed by atoms with E-state index in [9.17, 15) is 91.0 Å². The van der Waals surface area contributed by atoms with Crippen molar-refractivity contribution in [3.63, 3.8) is 0 Å². The third-order valence-electron chi connectivity index (χ3n) is 23.4. The average Bonchev–Trinajstić information content (AvgIpc) is 0.673. The summed E-state index contributed by atoms with van der Waals surface area (Å²) in [6.07, 6.45) is -39.9. The summed E-state index contributed by atoms with van der Waals surface area (Å²) in [5.74, 6) is -6.05. The first-order valence-corrected chi connectivity index (χ1v) is 31.6. The predicted octanol–water partition coefficient (Wildman–Crippen LogP) is -2.82. The molecule has 9 fully saturated rings. The highest BCUT2D eigenvalue weighted by molar-refractivity contribution is 5.79. The van der Waals surface area contributed by atoms with Gasteiger partial charge in [-0.3, -0.25) is 14.4 Å². The molecule has 0 aromatic heterocycles. The zero-order chi connectivity index (χ0) is 66.9. The van der Waals surface area contributed by atoms with E-state index < -0.39 is 236 Å². The number of aliphatic carboxylic acids is 2. The second kappa shape index (κ2) is 25.6. The summed E-state index contributed by atoms with van der Waals surface area (Å²) in [5, 5.41) is 164. The molecular formula is C61H94O30. The van der Waals surface area contributed by atoms with E-state index in [1.54, 1.807) is 0 Å². The number of carbonyl (C=O) groups excluding carboxylic acids is 2. The second-order valence-electron chi connectivity index (χ2n) is 29.2. The van der Waals surface area contributed by atoms with Crippen LogP contribution in [-0.2, 0) is 71.3 Å². The third-order valence-corrected chi connectivity index (χ3v) is 23.4. The number of hydrogen-bond acceptors (Lipinski definition) is 28. The number of carboxylic acid groups (broad SMARTS) is 2. The molecule has 518 valence electrons. The molecule has 0 bridgehead atoms. The minimum atomic E-state index is -2.15. The lowest BCUT2D eigenvalue weighted by Crippen LogP contribution is -2.70. The van der Waals surface area contributed by atoms with Gasteiger partial charge in [-0.1, -0.05) is 46.3 Å². The summed E-state index contributed by atoms with van der Waals surface area (Å²) < 4.78 is 64.6. The van der Waals surface area contributed by atoms with Gasteiger partial charge in [-0.25, -0.2) is 4.79 Å². The zero-order valence-corrected chi connectivity index (χ0v) is 52.4. The van der Waals surface area contributed by atoms with Crippen LogP contribution in [0.3, 0.4) is 0 Å². The molecule has 30 heteroatoms. The quantitative estimate of drug-likeness (QED) is 0.0474. The van der Waals surface area contributed by atoms with Gasteiger partial charge in [-0.15, -0.1) is 0 Å². The molecule has 0 aromatic carbocycles. The van der Waals surface area contributed by atoms with Crippen molar-refractivity contribution in [2.45, 2.75) is 280 Å². The molecule has 15 N–H and O–H groups in total. The van der Waals surface area contributed by atoms with Crippen molar-refractivity contribution in [2.75, 3.05) is 13.2 Å². The summed E-state index contributed by atoms with van der Waals surface area (Å²) in [7, 11) is 0. The number of allylic oxidation sites excluding steroid dienone is 2. The predicted molar refractivity (Wildman–Crippen MR) is 300 cm³/mol. The first-order chi connectivity index (χ1) is 42.4. The first kappa shape index (κ1) is 70.5. The number of carbonyl (C=O) groups is 4. The van der Waals surface area contributed by atoms with E-state index in [2.05, 4.69) is 33.8 Å². The number of esters is 2. The molecule has 0 aromatic rings. The van der Waals surface area contributed by atoms with Gasteiger partial charge in [-0.2, -0.15) is 0 Å². The van der Waals surface area contributed by atoms with Gasteiger partial charge < -0.3 is 129 Å². The van der Waals surface area contributed by atoms with E-state index >= 15 is 4.79 Å². The molecule has 3 unspecified atom stereocenters. The minimum absolute atomic E-state index is 0.0298. The average molecular weight is 1310 g/mol. The van der Waals surface area contributed by atoms with Crippen LogP contribution in [0.25, 0.3) is 0 Å². The maximum Gasteiger partial charge on any atom is 0.335 e. The normalized spacial score (nSPS) is 53.0. The fraction of sp³-hybridized carbons (Fsp3) is 0.902. The molecule has 0 radical (unpaired) electrons. The van der Waals surface area contributed by atoms with Crippen LogP contribution >= 0.6 is 0 Å². The van der Waals surface area contributed by atoms with Crippen LogP contribution in [-0.4, -0.2) is 273 Å². The van der Waals surface area contributed by atoms with Gasteiger partial charge in [0.15, 0.2) is 43.5 Å². The Labute approximate surface area is 525 Å². The van der Waals surface area contributed by atoms with Crippen LogP contribution in [0.5, 0.6) is 0 Å². The summed E-state index contributed by atoms with van der Waals surface area (Å²) in [6.45, 7) is 14.7. The Morgan fingerprint density at radius 1 is 0.560 bits per heavy atom. The van der Waals surface area contributed by atoms with E-state index in [1.807, 2.05) is 6.92 Å². The van der Waals surface area contributed by atoms with Crippen LogP contribution < -0.4 is 0 Å². The molecule has 10 aliphatic rings. The number of fused-ring (bicyclic) bond motifs is 7. The van der Waals surface area contributed by atoms with Crippen LogP contribution in [0.15, 0.2) is 11.6 Å². The molecule has 30 nitrogen and oxygen atoms in total. The van der Waals surface area contributed by atoms with Gasteiger partial charge in [0.1, 0.15) is 91.6 Å². The summed E-state index contributed by atoms with van der Waals surface area (Å²) >= 11 is 0. The molecule has 4 saturated carbocycles. The lowest BCUT2D eigenvalue weighted by molar-refractivity contribution is -0.378. The van der Waals surface area contributed by atoms with Crippen molar-refractivity contribution in [1.29, 1.82) is 0 Å². The number of hydrogen-bond donors (Lipinski definition) is 15. The van der Waals surface area contributed by atoms with Gasteiger partial charge in [0.2, 0.25) is 6.29 Å². The molecular weight excluding hydrogens is 1210 g/mol. The fourth-order valence-electron chi connectivity index (χ4n) is 18.0. The van der Waals surface area contributed by atoms with Crippen molar-refractivity contribution in [3.8, 4) is 0 Å². The Morgan fingerprint density at radius 3 is 1.80 bits per heavy atom. The molecule has 5 heterocycles. The number of carboxylic acids is 2. The monoisotopic (exact) mass is 1310 g/mol. The maximum atomic E-state index is 15.6. The van der Waals surface area contributed by atoms with Crippen LogP contribution in [0.4, 0.5) is 0 Å². The minimum Gasteiger partial charge on any atom is -0.481 e.